The summed E-state index contributed by atoms with van der Waals surface area (Å²) in [6.45, 7) is 4.62. The van der Waals surface area contributed by atoms with Gasteiger partial charge in [-0.15, -0.1) is 0 Å². The first-order valence-corrected chi connectivity index (χ1v) is 13.2. The smallest absolute Gasteiger partial charge is 0.152 e. The lowest BCUT2D eigenvalue weighted by molar-refractivity contribution is 0.0973. The van der Waals surface area contributed by atoms with Gasteiger partial charge in [0.25, 0.3) is 0 Å². The van der Waals surface area contributed by atoms with Crippen molar-refractivity contribution in [3.63, 3.8) is 0 Å². The largest absolute Gasteiger partial charge is 0.395 e. The van der Waals surface area contributed by atoms with Crippen LogP contribution in [0.15, 0.2) is 28.4 Å². The summed E-state index contributed by atoms with van der Waals surface area (Å²) >= 11 is 8.00. The predicted octanol–water partition coefficient (Wildman–Crippen LogP) is 1.82. The lowest BCUT2D eigenvalue weighted by Gasteiger charge is -2.45. The van der Waals surface area contributed by atoms with Crippen molar-refractivity contribution in [3.05, 3.63) is 29.2 Å². The highest BCUT2D eigenvalue weighted by atomic mass is 35.5. The second-order valence-corrected chi connectivity index (χ2v) is 11.4. The number of aliphatic hydroxyl groups excluding tert-OH is 2. The zero-order valence-corrected chi connectivity index (χ0v) is 21.7. The Morgan fingerprint density at radius 1 is 1.25 bits per heavy atom. The summed E-state index contributed by atoms with van der Waals surface area (Å²) in [7, 11) is 0. The number of piperidine rings is 1. The Bertz CT molecular complexity index is 1160. The van der Waals surface area contributed by atoms with E-state index in [2.05, 4.69) is 25.9 Å². The van der Waals surface area contributed by atoms with E-state index in [1.54, 1.807) is 18.5 Å². The van der Waals surface area contributed by atoms with E-state index >= 15 is 0 Å². The van der Waals surface area contributed by atoms with E-state index in [0.717, 1.165) is 30.8 Å². The second kappa shape index (κ2) is 9.93. The number of nitrogens with two attached hydrogens (primary N) is 1. The zero-order chi connectivity index (χ0) is 25.5. The Kier molecular flexibility index (Phi) is 7.02. The molecule has 3 fully saturated rings. The van der Waals surface area contributed by atoms with Crippen LogP contribution in [0.4, 0.5) is 11.6 Å². The maximum absolute atomic E-state index is 10.1. The van der Waals surface area contributed by atoms with E-state index in [9.17, 15) is 15.5 Å². The van der Waals surface area contributed by atoms with Gasteiger partial charge >= 0.3 is 0 Å². The molecule has 0 radical (unpaired) electrons. The average Bonchev–Trinajstić information content (AvgIpc) is 3.15. The van der Waals surface area contributed by atoms with Crippen LogP contribution in [0, 0.1) is 22.2 Å². The molecule has 0 bridgehead atoms. The molecule has 0 aromatic carbocycles. The van der Waals surface area contributed by atoms with Crippen molar-refractivity contribution < 1.29 is 14.9 Å². The van der Waals surface area contributed by atoms with Crippen LogP contribution in [0.2, 0.25) is 5.02 Å². The third-order valence-electron chi connectivity index (χ3n) is 7.73. The molecule has 3 aliphatic rings. The van der Waals surface area contributed by atoms with Crippen LogP contribution in [-0.2, 0) is 11.3 Å². The first-order chi connectivity index (χ1) is 17.3. The Morgan fingerprint density at radius 3 is 2.61 bits per heavy atom. The first-order valence-electron chi connectivity index (χ1n) is 12.0. The van der Waals surface area contributed by atoms with Gasteiger partial charge in [-0.25, -0.2) is 15.0 Å². The molecule has 2 aromatic rings. The number of aliphatic hydroxyl groups is 2. The molecule has 36 heavy (non-hydrogen) atoms. The molecule has 3 saturated heterocycles. The number of rotatable bonds is 6. The lowest BCUT2D eigenvalue weighted by Crippen LogP contribution is -2.58. The standard InChI is InChI=1S/C24H30ClN7O3S/c1-15-20(27)24(14-35-15)3-6-31(7-4-24)21-16(9-33)30-18(8-29-21)36-17-2-5-28-22(19(17)25)32-11-23(10-26,12-32)13-34/h2,5,8,15,20,33-34H,3-4,6-7,9,11-14,27H2,1H3/t15-,20+/m0/s1. The van der Waals surface area contributed by atoms with Gasteiger partial charge in [0, 0.05) is 48.7 Å². The third kappa shape index (κ3) is 4.40. The normalized spacial score (nSPS) is 24.6. The molecule has 3 aliphatic heterocycles. The quantitative estimate of drug-likeness (QED) is 0.501. The van der Waals surface area contributed by atoms with Crippen molar-refractivity contribution in [2.24, 2.45) is 16.6 Å². The molecule has 5 heterocycles. The molecule has 2 aromatic heterocycles. The van der Waals surface area contributed by atoms with Crippen LogP contribution >= 0.6 is 23.4 Å². The minimum absolute atomic E-state index is 0.00879. The van der Waals surface area contributed by atoms with Crippen LogP contribution in [0.5, 0.6) is 0 Å². The van der Waals surface area contributed by atoms with Crippen molar-refractivity contribution in [3.8, 4) is 6.07 Å². The Hall–Kier alpha value is -2.20. The van der Waals surface area contributed by atoms with Gasteiger partial charge in [0.1, 0.15) is 22.0 Å². The molecule has 0 saturated carbocycles. The number of nitriles is 1. The molecule has 5 rings (SSSR count). The Balaban J connectivity index is 1.29. The summed E-state index contributed by atoms with van der Waals surface area (Å²) in [6, 6.07) is 4.01. The molecule has 2 atom stereocenters. The summed E-state index contributed by atoms with van der Waals surface area (Å²) in [5.74, 6) is 1.26. The number of nitrogens with zero attached hydrogens (tertiary/aromatic N) is 6. The van der Waals surface area contributed by atoms with E-state index in [0.29, 0.717) is 47.1 Å². The van der Waals surface area contributed by atoms with Gasteiger partial charge in [-0.05, 0) is 25.8 Å². The van der Waals surface area contributed by atoms with Gasteiger partial charge in [-0.2, -0.15) is 5.26 Å². The fourth-order valence-corrected chi connectivity index (χ4v) is 6.47. The molecular formula is C24H30ClN7O3S. The highest BCUT2D eigenvalue weighted by Gasteiger charge is 2.48. The third-order valence-corrected chi connectivity index (χ3v) is 9.18. The average molecular weight is 532 g/mol. The highest BCUT2D eigenvalue weighted by Crippen LogP contribution is 2.43. The maximum atomic E-state index is 10.1. The lowest BCUT2D eigenvalue weighted by atomic mass is 9.73. The Morgan fingerprint density at radius 2 is 2.00 bits per heavy atom. The topological polar surface area (TPSA) is 145 Å². The fourth-order valence-electron chi connectivity index (χ4n) is 5.33. The fraction of sp³-hybridized carbons (Fsp3) is 0.583. The zero-order valence-electron chi connectivity index (χ0n) is 20.1. The predicted molar refractivity (Wildman–Crippen MR) is 136 cm³/mol. The number of anilines is 2. The summed E-state index contributed by atoms with van der Waals surface area (Å²) < 4.78 is 5.82. The van der Waals surface area contributed by atoms with Gasteiger partial charge in [-0.3, -0.25) is 0 Å². The van der Waals surface area contributed by atoms with Crippen LogP contribution in [-0.4, -0.2) is 76.7 Å². The monoisotopic (exact) mass is 531 g/mol. The molecule has 12 heteroatoms. The molecule has 4 N–H and O–H groups in total. The number of halogens is 1. The van der Waals surface area contributed by atoms with Crippen LogP contribution in [0.25, 0.3) is 0 Å². The first kappa shape index (κ1) is 25.4. The summed E-state index contributed by atoms with van der Waals surface area (Å²) in [5.41, 5.74) is 6.20. The summed E-state index contributed by atoms with van der Waals surface area (Å²) in [4.78, 5) is 18.5. The van der Waals surface area contributed by atoms with Crippen molar-refractivity contribution in [2.75, 3.05) is 49.2 Å². The van der Waals surface area contributed by atoms with E-state index in [4.69, 9.17) is 22.1 Å². The maximum Gasteiger partial charge on any atom is 0.152 e. The number of hydrogen-bond acceptors (Lipinski definition) is 11. The van der Waals surface area contributed by atoms with Gasteiger partial charge in [0.05, 0.1) is 43.2 Å². The summed E-state index contributed by atoms with van der Waals surface area (Å²) in [5, 5.41) is 29.9. The number of aromatic nitrogens is 3. The minimum atomic E-state index is -0.770. The van der Waals surface area contributed by atoms with E-state index in [-0.39, 0.29) is 30.8 Å². The van der Waals surface area contributed by atoms with Gasteiger partial charge in [-0.1, -0.05) is 23.4 Å². The van der Waals surface area contributed by atoms with Gasteiger partial charge in [0.2, 0.25) is 0 Å². The molecule has 10 nitrogen and oxygen atoms in total. The molecule has 0 amide bonds. The highest BCUT2D eigenvalue weighted by molar-refractivity contribution is 7.99. The van der Waals surface area contributed by atoms with Crippen molar-refractivity contribution in [2.45, 2.75) is 48.4 Å². The van der Waals surface area contributed by atoms with E-state index < -0.39 is 5.41 Å². The SMILES string of the molecule is C[C@@H]1OCC2(CCN(c3ncc(Sc4ccnc(N5CC(C#N)(CO)C5)c4Cl)nc3CO)CC2)[C@@H]1N. The number of hydrogen-bond donors (Lipinski definition) is 3. The van der Waals surface area contributed by atoms with Crippen LogP contribution in [0.3, 0.4) is 0 Å². The number of pyridine rings is 1. The van der Waals surface area contributed by atoms with Crippen LogP contribution in [0.1, 0.15) is 25.5 Å². The molecule has 0 unspecified atom stereocenters. The second-order valence-electron chi connectivity index (χ2n) is 9.98. The molecule has 0 aliphatic carbocycles. The van der Waals surface area contributed by atoms with E-state index in [1.165, 1.54) is 11.8 Å². The molecule has 1 spiro atoms. The molecule has 192 valence electrons. The van der Waals surface area contributed by atoms with E-state index in [1.807, 2.05) is 11.8 Å². The van der Waals surface area contributed by atoms with Crippen molar-refractivity contribution in [1.82, 2.24) is 15.0 Å². The van der Waals surface area contributed by atoms with Crippen molar-refractivity contribution >= 4 is 35.0 Å². The van der Waals surface area contributed by atoms with Crippen molar-refractivity contribution in [1.29, 1.82) is 5.26 Å². The number of ether oxygens (including phenoxy) is 1. The van der Waals surface area contributed by atoms with Gasteiger partial charge in [0.15, 0.2) is 5.82 Å². The van der Waals surface area contributed by atoms with Crippen LogP contribution < -0.4 is 15.5 Å². The minimum Gasteiger partial charge on any atom is -0.395 e. The summed E-state index contributed by atoms with van der Waals surface area (Å²) in [6.07, 6.45) is 5.26. The van der Waals surface area contributed by atoms with Gasteiger partial charge < -0.3 is 30.5 Å². The Labute approximate surface area is 219 Å². The molecular weight excluding hydrogens is 502 g/mol.